The lowest BCUT2D eigenvalue weighted by atomic mass is 10.2. The maximum Gasteiger partial charge on any atom is 0.258 e. The molecule has 0 unspecified atom stereocenters. The average molecular weight is 467 g/mol. The highest BCUT2D eigenvalue weighted by molar-refractivity contribution is 14.1. The maximum atomic E-state index is 12.3. The van der Waals surface area contributed by atoms with Gasteiger partial charge in [-0.3, -0.25) is 15.0 Å². The molecule has 6 heteroatoms. The smallest absolute Gasteiger partial charge is 0.258 e. The van der Waals surface area contributed by atoms with Crippen molar-refractivity contribution in [1.29, 1.82) is 0 Å². The van der Waals surface area contributed by atoms with Crippen molar-refractivity contribution >= 4 is 51.5 Å². The predicted octanol–water partition coefficient (Wildman–Crippen LogP) is 4.26. The molecule has 2 N–H and O–H groups in total. The lowest BCUT2D eigenvalue weighted by Gasteiger charge is -2.18. The van der Waals surface area contributed by atoms with Crippen LogP contribution in [0.25, 0.3) is 0 Å². The molecule has 2 aromatic carbocycles. The largest absolute Gasteiger partial charge is 0.332 e. The van der Waals surface area contributed by atoms with Gasteiger partial charge in [0.15, 0.2) is 5.11 Å². The number of nitrogens with zero attached hydrogens (tertiary/aromatic N) is 1. The third kappa shape index (κ3) is 6.05. The van der Waals surface area contributed by atoms with Crippen LogP contribution in [0.5, 0.6) is 0 Å². The molecule has 0 aromatic heterocycles. The summed E-state index contributed by atoms with van der Waals surface area (Å²) in [5.74, 6) is -0.208. The van der Waals surface area contributed by atoms with Crippen molar-refractivity contribution in [2.75, 3.05) is 18.4 Å². The zero-order valence-electron chi connectivity index (χ0n) is 14.4. The molecule has 2 aromatic rings. The quantitative estimate of drug-likeness (QED) is 0.493. The van der Waals surface area contributed by atoms with E-state index in [1.807, 2.05) is 30.3 Å². The Morgan fingerprint density at radius 1 is 1.08 bits per heavy atom. The van der Waals surface area contributed by atoms with Gasteiger partial charge in [0, 0.05) is 15.8 Å². The Morgan fingerprint density at radius 3 is 2.32 bits per heavy atom. The molecule has 0 aliphatic rings. The first-order valence-electron chi connectivity index (χ1n) is 8.21. The molecule has 0 radical (unpaired) electrons. The number of carbonyl (C=O) groups is 1. The van der Waals surface area contributed by atoms with Crippen LogP contribution < -0.4 is 10.6 Å². The van der Waals surface area contributed by atoms with E-state index in [0.717, 1.165) is 28.9 Å². The van der Waals surface area contributed by atoms with Crippen molar-refractivity contribution < 1.29 is 4.79 Å². The number of hydrogen-bond acceptors (Lipinski definition) is 3. The first kappa shape index (κ1) is 19.8. The second-order valence-corrected chi connectivity index (χ2v) is 7.12. The Morgan fingerprint density at radius 2 is 1.72 bits per heavy atom. The van der Waals surface area contributed by atoms with Crippen molar-refractivity contribution in [2.45, 2.75) is 20.4 Å². The van der Waals surface area contributed by atoms with Gasteiger partial charge < -0.3 is 5.32 Å². The highest BCUT2D eigenvalue weighted by atomic mass is 127. The summed E-state index contributed by atoms with van der Waals surface area (Å²) in [4.78, 5) is 14.6. The Hall–Kier alpha value is -1.51. The van der Waals surface area contributed by atoms with Gasteiger partial charge in [0.2, 0.25) is 0 Å². The molecule has 0 bridgehead atoms. The molecular formula is C19H22IN3OS. The standard InChI is InChI=1S/C19H22IN3OS/c1-3-23(4-2)13-14-9-11-15(12-10-14)21-19(25)22-18(24)16-7-5-6-8-17(16)20/h5-12H,3-4,13H2,1-2H3,(H2,21,22,24,25). The van der Waals surface area contributed by atoms with Crippen molar-refractivity contribution in [3.63, 3.8) is 0 Å². The number of halogens is 1. The van der Waals surface area contributed by atoms with Gasteiger partial charge in [-0.1, -0.05) is 38.1 Å². The molecule has 1 amide bonds. The molecule has 0 saturated heterocycles. The van der Waals surface area contributed by atoms with Gasteiger partial charge >= 0.3 is 0 Å². The fourth-order valence-electron chi connectivity index (χ4n) is 2.38. The molecule has 0 fully saturated rings. The lowest BCUT2D eigenvalue weighted by Crippen LogP contribution is -2.34. The Labute approximate surface area is 168 Å². The summed E-state index contributed by atoms with van der Waals surface area (Å²) < 4.78 is 0.890. The van der Waals surface area contributed by atoms with Gasteiger partial charge in [0.25, 0.3) is 5.91 Å². The highest BCUT2D eigenvalue weighted by Gasteiger charge is 2.11. The minimum Gasteiger partial charge on any atom is -0.332 e. The molecule has 4 nitrogen and oxygen atoms in total. The second-order valence-electron chi connectivity index (χ2n) is 5.55. The average Bonchev–Trinajstić information content (AvgIpc) is 2.61. The van der Waals surface area contributed by atoms with Crippen LogP contribution in [-0.2, 0) is 6.54 Å². The first-order chi connectivity index (χ1) is 12.0. The number of carbonyl (C=O) groups excluding carboxylic acids is 1. The van der Waals surface area contributed by atoms with Gasteiger partial charge in [-0.05, 0) is 77.7 Å². The van der Waals surface area contributed by atoms with Crippen LogP contribution in [0.4, 0.5) is 5.69 Å². The Kier molecular flexibility index (Phi) is 7.80. The molecule has 2 rings (SSSR count). The number of anilines is 1. The van der Waals surface area contributed by atoms with Crippen molar-refractivity contribution in [3.05, 3.63) is 63.2 Å². The van der Waals surface area contributed by atoms with Crippen LogP contribution in [0.2, 0.25) is 0 Å². The molecule has 0 aliphatic carbocycles. The molecule has 0 spiro atoms. The van der Waals surface area contributed by atoms with Crippen LogP contribution >= 0.6 is 34.8 Å². The molecule has 0 saturated carbocycles. The normalized spacial score (nSPS) is 10.6. The van der Waals surface area contributed by atoms with Gasteiger partial charge in [-0.15, -0.1) is 0 Å². The number of rotatable bonds is 6. The highest BCUT2D eigenvalue weighted by Crippen LogP contribution is 2.13. The van der Waals surface area contributed by atoms with E-state index in [0.29, 0.717) is 10.7 Å². The SMILES string of the molecule is CCN(CC)Cc1ccc(NC(=S)NC(=O)c2ccccc2I)cc1. The fourth-order valence-corrected chi connectivity index (χ4v) is 3.22. The number of thiocarbonyl (C=S) groups is 1. The molecule has 0 aliphatic heterocycles. The summed E-state index contributed by atoms with van der Waals surface area (Å²) in [6, 6.07) is 15.5. The maximum absolute atomic E-state index is 12.3. The summed E-state index contributed by atoms with van der Waals surface area (Å²) in [7, 11) is 0. The second kappa shape index (κ2) is 9.84. The third-order valence-electron chi connectivity index (χ3n) is 3.86. The summed E-state index contributed by atoms with van der Waals surface area (Å²) in [5, 5.41) is 6.07. The van der Waals surface area contributed by atoms with Crippen LogP contribution in [0.3, 0.4) is 0 Å². The van der Waals surface area contributed by atoms with Crippen LogP contribution in [0.15, 0.2) is 48.5 Å². The topological polar surface area (TPSA) is 44.4 Å². The zero-order chi connectivity index (χ0) is 18.2. The zero-order valence-corrected chi connectivity index (χ0v) is 17.4. The van der Waals surface area contributed by atoms with E-state index in [4.69, 9.17) is 12.2 Å². The summed E-state index contributed by atoms with van der Waals surface area (Å²) in [5.41, 5.74) is 2.72. The van der Waals surface area contributed by atoms with E-state index >= 15 is 0 Å². The first-order valence-corrected chi connectivity index (χ1v) is 9.70. The number of benzene rings is 2. The summed E-state index contributed by atoms with van der Waals surface area (Å²) in [6.45, 7) is 7.32. The van der Waals surface area contributed by atoms with Crippen molar-refractivity contribution in [3.8, 4) is 0 Å². The minimum atomic E-state index is -0.208. The van der Waals surface area contributed by atoms with Crippen LogP contribution in [-0.4, -0.2) is 29.0 Å². The summed E-state index contributed by atoms with van der Waals surface area (Å²) >= 11 is 7.38. The van der Waals surface area contributed by atoms with E-state index in [9.17, 15) is 4.79 Å². The predicted molar refractivity (Wildman–Crippen MR) is 116 cm³/mol. The molecular weight excluding hydrogens is 445 g/mol. The van der Waals surface area contributed by atoms with E-state index in [2.05, 4.69) is 64.1 Å². The van der Waals surface area contributed by atoms with E-state index in [-0.39, 0.29) is 5.91 Å². The van der Waals surface area contributed by atoms with Crippen LogP contribution in [0, 0.1) is 3.57 Å². The van der Waals surface area contributed by atoms with E-state index in [1.165, 1.54) is 5.56 Å². The lowest BCUT2D eigenvalue weighted by molar-refractivity contribution is 0.0977. The molecule has 0 heterocycles. The monoisotopic (exact) mass is 467 g/mol. The minimum absolute atomic E-state index is 0.208. The van der Waals surface area contributed by atoms with Crippen molar-refractivity contribution in [1.82, 2.24) is 10.2 Å². The van der Waals surface area contributed by atoms with Gasteiger partial charge in [-0.2, -0.15) is 0 Å². The van der Waals surface area contributed by atoms with Crippen molar-refractivity contribution in [2.24, 2.45) is 0 Å². The van der Waals surface area contributed by atoms with Gasteiger partial charge in [-0.25, -0.2) is 0 Å². The Balaban J connectivity index is 1.92. The van der Waals surface area contributed by atoms with E-state index in [1.54, 1.807) is 6.07 Å². The molecule has 132 valence electrons. The number of amides is 1. The molecule has 0 atom stereocenters. The summed E-state index contributed by atoms with van der Waals surface area (Å²) in [6.07, 6.45) is 0. The number of hydrogen-bond donors (Lipinski definition) is 2. The number of nitrogens with one attached hydrogen (secondary N) is 2. The van der Waals surface area contributed by atoms with Gasteiger partial charge in [0.1, 0.15) is 0 Å². The molecule has 25 heavy (non-hydrogen) atoms. The van der Waals surface area contributed by atoms with E-state index < -0.39 is 0 Å². The van der Waals surface area contributed by atoms with Crippen LogP contribution in [0.1, 0.15) is 29.8 Å². The fraction of sp³-hybridized carbons (Fsp3) is 0.263. The Bertz CT molecular complexity index is 730. The third-order valence-corrected chi connectivity index (χ3v) is 5.00. The van der Waals surface area contributed by atoms with Gasteiger partial charge in [0.05, 0.1) is 5.56 Å².